The third-order valence-electron chi connectivity index (χ3n) is 5.17. The zero-order valence-electron chi connectivity index (χ0n) is 15.4. The Morgan fingerprint density at radius 2 is 1.96 bits per heavy atom. The summed E-state index contributed by atoms with van der Waals surface area (Å²) >= 11 is 0. The number of benzene rings is 1. The molecule has 3 rings (SSSR count). The van der Waals surface area contributed by atoms with Crippen molar-refractivity contribution < 1.29 is 14.7 Å². The van der Waals surface area contributed by atoms with Crippen LogP contribution in [0.3, 0.4) is 0 Å². The number of hydrogen-bond donors (Lipinski definition) is 3. The van der Waals surface area contributed by atoms with Crippen LogP contribution in [0.2, 0.25) is 0 Å². The number of pyridine rings is 1. The number of aliphatic hydroxyl groups is 1. The molecule has 1 saturated carbocycles. The van der Waals surface area contributed by atoms with Gasteiger partial charge in [-0.15, -0.1) is 0 Å². The van der Waals surface area contributed by atoms with E-state index in [2.05, 4.69) is 15.6 Å². The van der Waals surface area contributed by atoms with Crippen LogP contribution >= 0.6 is 0 Å². The molecule has 6 nitrogen and oxygen atoms in total. The number of nitrogens with one attached hydrogen (secondary N) is 2. The van der Waals surface area contributed by atoms with E-state index in [1.807, 2.05) is 37.3 Å². The highest BCUT2D eigenvalue weighted by atomic mass is 16.3. The van der Waals surface area contributed by atoms with Crippen molar-refractivity contribution in [3.05, 3.63) is 48.3 Å². The monoisotopic (exact) mass is 367 g/mol. The summed E-state index contributed by atoms with van der Waals surface area (Å²) in [7, 11) is 0. The number of aliphatic hydroxyl groups excluding tert-OH is 1. The van der Waals surface area contributed by atoms with Gasteiger partial charge < -0.3 is 15.7 Å². The van der Waals surface area contributed by atoms with E-state index in [0.717, 1.165) is 42.4 Å². The molecule has 1 unspecified atom stereocenters. The quantitative estimate of drug-likeness (QED) is 0.709. The summed E-state index contributed by atoms with van der Waals surface area (Å²) < 4.78 is 0. The molecule has 3 N–H and O–H groups in total. The van der Waals surface area contributed by atoms with Crippen molar-refractivity contribution in [3.63, 3.8) is 0 Å². The number of aryl methyl sites for hydroxylation is 1. The van der Waals surface area contributed by atoms with Gasteiger partial charge in [-0.2, -0.15) is 0 Å². The molecule has 2 amide bonds. The summed E-state index contributed by atoms with van der Waals surface area (Å²) in [5.74, 6) is -1.20. The maximum absolute atomic E-state index is 12.4. The molecule has 1 heterocycles. The highest BCUT2D eigenvalue weighted by Gasteiger charge is 2.27. The number of nitrogens with zero attached hydrogens (tertiary/aromatic N) is 1. The predicted molar refractivity (Wildman–Crippen MR) is 104 cm³/mol. The maximum Gasteiger partial charge on any atom is 0.313 e. The van der Waals surface area contributed by atoms with E-state index in [1.165, 1.54) is 0 Å². The third-order valence-corrected chi connectivity index (χ3v) is 5.17. The van der Waals surface area contributed by atoms with Gasteiger partial charge in [0.2, 0.25) is 0 Å². The first-order valence-corrected chi connectivity index (χ1v) is 9.32. The van der Waals surface area contributed by atoms with Gasteiger partial charge in [-0.3, -0.25) is 14.6 Å². The van der Waals surface area contributed by atoms with Gasteiger partial charge in [0.1, 0.15) is 0 Å². The van der Waals surface area contributed by atoms with Gasteiger partial charge >= 0.3 is 11.8 Å². The summed E-state index contributed by atoms with van der Waals surface area (Å²) in [5, 5.41) is 14.9. The van der Waals surface area contributed by atoms with Crippen LogP contribution in [0.1, 0.15) is 31.2 Å². The Balaban J connectivity index is 1.68. The zero-order chi connectivity index (χ0) is 19.2. The minimum atomic E-state index is -0.724. The molecule has 0 radical (unpaired) electrons. The van der Waals surface area contributed by atoms with Crippen LogP contribution in [-0.2, 0) is 9.59 Å². The first-order valence-electron chi connectivity index (χ1n) is 9.32. The average Bonchev–Trinajstić information content (AvgIpc) is 3.22. The fourth-order valence-corrected chi connectivity index (χ4v) is 3.56. The van der Waals surface area contributed by atoms with Gasteiger partial charge in [0, 0.05) is 23.6 Å². The SMILES string of the molecule is Cc1ccc(-c2cccnc2)cc1NC(=O)C(=O)NC(CO)C1CCCC1. The molecule has 6 heteroatoms. The molecule has 2 aromatic rings. The molecule has 1 fully saturated rings. The smallest absolute Gasteiger partial charge is 0.313 e. The molecule has 1 aliphatic rings. The van der Waals surface area contributed by atoms with Crippen LogP contribution in [-0.4, -0.2) is 34.6 Å². The van der Waals surface area contributed by atoms with E-state index in [0.29, 0.717) is 5.69 Å². The Labute approximate surface area is 159 Å². The van der Waals surface area contributed by atoms with Crippen molar-refractivity contribution in [2.24, 2.45) is 5.92 Å². The molecule has 1 aromatic heterocycles. The van der Waals surface area contributed by atoms with Gasteiger partial charge in [0.05, 0.1) is 12.6 Å². The lowest BCUT2D eigenvalue weighted by Gasteiger charge is -2.22. The van der Waals surface area contributed by atoms with Gasteiger partial charge in [0.25, 0.3) is 0 Å². The third kappa shape index (κ3) is 4.71. The van der Waals surface area contributed by atoms with Gasteiger partial charge in [-0.1, -0.05) is 31.0 Å². The van der Waals surface area contributed by atoms with E-state index in [-0.39, 0.29) is 18.6 Å². The highest BCUT2D eigenvalue weighted by Crippen LogP contribution is 2.28. The summed E-state index contributed by atoms with van der Waals surface area (Å²) in [6.07, 6.45) is 7.59. The van der Waals surface area contributed by atoms with E-state index < -0.39 is 11.8 Å². The van der Waals surface area contributed by atoms with Crippen molar-refractivity contribution in [2.75, 3.05) is 11.9 Å². The van der Waals surface area contributed by atoms with Crippen LogP contribution in [0.15, 0.2) is 42.7 Å². The predicted octanol–water partition coefficient (Wildman–Crippen LogP) is 2.66. The molecular formula is C21H25N3O3. The Kier molecular flexibility index (Phi) is 6.19. The number of carbonyl (C=O) groups excluding carboxylic acids is 2. The minimum absolute atomic E-state index is 0.154. The molecule has 0 spiro atoms. The Morgan fingerprint density at radius 3 is 2.63 bits per heavy atom. The summed E-state index contributed by atoms with van der Waals surface area (Å²) in [6.45, 7) is 1.72. The molecule has 1 aliphatic carbocycles. The van der Waals surface area contributed by atoms with Crippen LogP contribution in [0.5, 0.6) is 0 Å². The fraction of sp³-hybridized carbons (Fsp3) is 0.381. The second-order valence-electron chi connectivity index (χ2n) is 7.03. The van der Waals surface area contributed by atoms with Gasteiger partial charge in [-0.05, 0) is 48.9 Å². The van der Waals surface area contributed by atoms with Gasteiger partial charge in [0.15, 0.2) is 0 Å². The molecule has 0 bridgehead atoms. The number of hydrogen-bond acceptors (Lipinski definition) is 4. The topological polar surface area (TPSA) is 91.3 Å². The first-order chi connectivity index (χ1) is 13.1. The number of amides is 2. The highest BCUT2D eigenvalue weighted by molar-refractivity contribution is 6.39. The maximum atomic E-state index is 12.4. The summed E-state index contributed by atoms with van der Waals surface area (Å²) in [5.41, 5.74) is 3.28. The Hall–Kier alpha value is -2.73. The largest absolute Gasteiger partial charge is 0.394 e. The molecule has 27 heavy (non-hydrogen) atoms. The molecule has 1 aromatic carbocycles. The second-order valence-corrected chi connectivity index (χ2v) is 7.03. The van der Waals surface area contributed by atoms with Crippen LogP contribution in [0, 0.1) is 12.8 Å². The Bertz CT molecular complexity index is 802. The van der Waals surface area contributed by atoms with Crippen LogP contribution < -0.4 is 10.6 Å². The first kappa shape index (κ1) is 19.0. The standard InChI is InChI=1S/C21H25N3O3/c1-14-8-9-16(17-7-4-10-22-12-17)11-18(14)23-20(26)21(27)24-19(13-25)15-5-2-3-6-15/h4,7-12,15,19,25H,2-3,5-6,13H2,1H3,(H,23,26)(H,24,27). The lowest BCUT2D eigenvalue weighted by Crippen LogP contribution is -2.46. The number of anilines is 1. The molecule has 1 atom stereocenters. The van der Waals surface area contributed by atoms with E-state index in [1.54, 1.807) is 12.4 Å². The van der Waals surface area contributed by atoms with Gasteiger partial charge in [-0.25, -0.2) is 0 Å². The fourth-order valence-electron chi connectivity index (χ4n) is 3.56. The zero-order valence-corrected chi connectivity index (χ0v) is 15.4. The average molecular weight is 367 g/mol. The number of rotatable bonds is 5. The molecular weight excluding hydrogens is 342 g/mol. The van der Waals surface area contributed by atoms with Crippen molar-refractivity contribution in [3.8, 4) is 11.1 Å². The number of aromatic nitrogens is 1. The minimum Gasteiger partial charge on any atom is -0.394 e. The molecule has 0 saturated heterocycles. The Morgan fingerprint density at radius 1 is 1.19 bits per heavy atom. The van der Waals surface area contributed by atoms with E-state index >= 15 is 0 Å². The molecule has 0 aliphatic heterocycles. The van der Waals surface area contributed by atoms with E-state index in [9.17, 15) is 14.7 Å². The van der Waals surface area contributed by atoms with Crippen molar-refractivity contribution in [1.82, 2.24) is 10.3 Å². The lowest BCUT2D eigenvalue weighted by molar-refractivity contribution is -0.137. The van der Waals surface area contributed by atoms with Crippen molar-refractivity contribution >= 4 is 17.5 Å². The second kappa shape index (κ2) is 8.77. The number of carbonyl (C=O) groups is 2. The summed E-state index contributed by atoms with van der Waals surface area (Å²) in [6, 6.07) is 9.09. The van der Waals surface area contributed by atoms with E-state index in [4.69, 9.17) is 0 Å². The lowest BCUT2D eigenvalue weighted by atomic mass is 9.99. The van der Waals surface area contributed by atoms with Crippen molar-refractivity contribution in [2.45, 2.75) is 38.6 Å². The molecule has 142 valence electrons. The van der Waals surface area contributed by atoms with Crippen LogP contribution in [0.25, 0.3) is 11.1 Å². The normalized spacial score (nSPS) is 15.3. The summed E-state index contributed by atoms with van der Waals surface area (Å²) in [4.78, 5) is 28.8. The van der Waals surface area contributed by atoms with Crippen molar-refractivity contribution in [1.29, 1.82) is 0 Å². The van der Waals surface area contributed by atoms with Crippen LogP contribution in [0.4, 0.5) is 5.69 Å².